The van der Waals surface area contributed by atoms with Gasteiger partial charge >= 0.3 is 17.9 Å². The molecule has 0 N–H and O–H groups in total. The third kappa shape index (κ3) is 66.9. The Hall–Kier alpha value is -3.93. The van der Waals surface area contributed by atoms with E-state index >= 15 is 0 Å². The number of allylic oxidation sites excluding steroid dienone is 18. The maximum Gasteiger partial charge on any atom is 0.306 e. The van der Waals surface area contributed by atoms with E-state index < -0.39 is 6.10 Å². The average Bonchev–Trinajstić information content (AvgIpc) is 3.48. The molecule has 1 atom stereocenters. The molecule has 0 spiro atoms. The van der Waals surface area contributed by atoms with E-state index in [1.807, 2.05) is 0 Å². The number of carbonyl (C=O) groups is 3. The molecular weight excluding hydrogens is 1010 g/mol. The molecule has 0 rings (SSSR count). The molecule has 0 bridgehead atoms. The number of rotatable bonds is 63. The Bertz CT molecular complexity index is 1640. The summed E-state index contributed by atoms with van der Waals surface area (Å²) in [4.78, 5) is 38.4. The van der Waals surface area contributed by atoms with Crippen molar-refractivity contribution in [3.8, 4) is 0 Å². The number of hydrogen-bond acceptors (Lipinski definition) is 6. The fraction of sp³-hybridized carbons (Fsp3) is 0.724. The predicted octanol–water partition coefficient (Wildman–Crippen LogP) is 24.2. The van der Waals surface area contributed by atoms with Crippen molar-refractivity contribution in [2.24, 2.45) is 0 Å². The first-order chi connectivity index (χ1) is 40.5. The first-order valence-electron chi connectivity index (χ1n) is 34.9. The standard InChI is InChI=1S/C76H130O6/c1-4-7-10-13-16-19-22-25-28-31-32-33-34-35-36-37-38-39-40-41-42-43-44-46-48-51-54-57-60-63-66-69-75(78)81-72-73(71-80-74(77)68-65-62-59-56-53-50-47-30-27-24-21-18-15-12-9-6-3)82-76(79)70-67-64-61-58-55-52-49-45-29-26-23-20-17-14-11-8-5-2/h7,10,16,19,25-26,28-29,32-33,35-36,38-39,41-42,44,46,73H,4-6,8-9,11-15,17-18,20-24,27,30-31,34,37,40,43,45,47-72H2,1-3H3/b10-7-,19-16-,28-25-,29-26-,33-32-,36-35-,39-38-,42-41-,46-44-. The predicted molar refractivity (Wildman–Crippen MR) is 357 cm³/mol. The van der Waals surface area contributed by atoms with Crippen LogP contribution in [0.15, 0.2) is 109 Å². The first-order valence-corrected chi connectivity index (χ1v) is 34.9. The summed E-state index contributed by atoms with van der Waals surface area (Å²) < 4.78 is 17.0. The summed E-state index contributed by atoms with van der Waals surface area (Å²) in [5.74, 6) is -0.887. The first kappa shape index (κ1) is 78.1. The van der Waals surface area contributed by atoms with E-state index in [4.69, 9.17) is 14.2 Å². The van der Waals surface area contributed by atoms with Gasteiger partial charge in [-0.2, -0.15) is 0 Å². The fourth-order valence-corrected chi connectivity index (χ4v) is 9.81. The molecule has 0 aliphatic rings. The Morgan fingerprint density at radius 1 is 0.256 bits per heavy atom. The van der Waals surface area contributed by atoms with Crippen LogP contribution in [0.1, 0.15) is 335 Å². The molecule has 6 nitrogen and oxygen atoms in total. The van der Waals surface area contributed by atoms with E-state index in [9.17, 15) is 14.4 Å². The second-order valence-corrected chi connectivity index (χ2v) is 23.1. The van der Waals surface area contributed by atoms with Gasteiger partial charge < -0.3 is 14.2 Å². The Balaban J connectivity index is 4.35. The molecular formula is C76H130O6. The van der Waals surface area contributed by atoms with Crippen molar-refractivity contribution in [2.75, 3.05) is 13.2 Å². The van der Waals surface area contributed by atoms with E-state index in [-0.39, 0.29) is 31.1 Å². The highest BCUT2D eigenvalue weighted by Crippen LogP contribution is 2.17. The average molecular weight is 1140 g/mol. The maximum atomic E-state index is 12.9. The van der Waals surface area contributed by atoms with E-state index in [0.717, 1.165) is 122 Å². The number of carbonyl (C=O) groups excluding carboxylic acids is 3. The lowest BCUT2D eigenvalue weighted by Crippen LogP contribution is -2.30. The summed E-state index contributed by atoms with van der Waals surface area (Å²) in [5, 5.41) is 0. The lowest BCUT2D eigenvalue weighted by molar-refractivity contribution is -0.167. The Morgan fingerprint density at radius 3 is 0.756 bits per heavy atom. The van der Waals surface area contributed by atoms with Crippen molar-refractivity contribution in [3.05, 3.63) is 109 Å². The van der Waals surface area contributed by atoms with E-state index in [2.05, 4.69) is 130 Å². The van der Waals surface area contributed by atoms with Crippen LogP contribution in [-0.4, -0.2) is 37.2 Å². The zero-order valence-electron chi connectivity index (χ0n) is 54.0. The smallest absolute Gasteiger partial charge is 0.306 e. The second-order valence-electron chi connectivity index (χ2n) is 23.1. The minimum atomic E-state index is -0.788. The summed E-state index contributed by atoms with van der Waals surface area (Å²) in [6.07, 6.45) is 95.3. The van der Waals surface area contributed by atoms with E-state index in [1.165, 1.54) is 173 Å². The van der Waals surface area contributed by atoms with Gasteiger partial charge in [-0.3, -0.25) is 14.4 Å². The largest absolute Gasteiger partial charge is 0.462 e. The van der Waals surface area contributed by atoms with Gasteiger partial charge in [-0.1, -0.05) is 316 Å². The Kier molecular flexibility index (Phi) is 66.2. The molecule has 6 heteroatoms. The minimum absolute atomic E-state index is 0.0814. The molecule has 0 fully saturated rings. The van der Waals surface area contributed by atoms with Gasteiger partial charge in [0.05, 0.1) is 0 Å². The van der Waals surface area contributed by atoms with Gasteiger partial charge in [-0.15, -0.1) is 0 Å². The summed E-state index contributed by atoms with van der Waals surface area (Å²) in [6.45, 7) is 6.55. The van der Waals surface area contributed by atoms with Crippen molar-refractivity contribution in [1.82, 2.24) is 0 Å². The van der Waals surface area contributed by atoms with Gasteiger partial charge in [-0.05, 0) is 109 Å². The topological polar surface area (TPSA) is 78.9 Å². The third-order valence-electron chi connectivity index (χ3n) is 15.0. The summed E-state index contributed by atoms with van der Waals surface area (Å²) in [7, 11) is 0. The van der Waals surface area contributed by atoms with Crippen molar-refractivity contribution in [1.29, 1.82) is 0 Å². The second kappa shape index (κ2) is 69.6. The minimum Gasteiger partial charge on any atom is -0.462 e. The fourth-order valence-electron chi connectivity index (χ4n) is 9.81. The van der Waals surface area contributed by atoms with Crippen LogP contribution in [0.4, 0.5) is 0 Å². The molecule has 0 aromatic carbocycles. The third-order valence-corrected chi connectivity index (χ3v) is 15.0. The molecule has 1 unspecified atom stereocenters. The number of ether oxygens (including phenoxy) is 3. The van der Waals surface area contributed by atoms with E-state index in [0.29, 0.717) is 19.3 Å². The molecule has 0 amide bonds. The van der Waals surface area contributed by atoms with Crippen LogP contribution in [0.3, 0.4) is 0 Å². The molecule has 0 heterocycles. The van der Waals surface area contributed by atoms with Crippen molar-refractivity contribution in [2.45, 2.75) is 341 Å². The lowest BCUT2D eigenvalue weighted by Gasteiger charge is -2.18. The molecule has 82 heavy (non-hydrogen) atoms. The number of esters is 3. The molecule has 0 radical (unpaired) electrons. The lowest BCUT2D eigenvalue weighted by atomic mass is 10.0. The quantitative estimate of drug-likeness (QED) is 0.0261. The number of hydrogen-bond donors (Lipinski definition) is 0. The molecule has 0 saturated carbocycles. The van der Waals surface area contributed by atoms with Crippen molar-refractivity contribution < 1.29 is 28.6 Å². The monoisotopic (exact) mass is 1140 g/mol. The Morgan fingerprint density at radius 2 is 0.476 bits per heavy atom. The molecule has 0 aliphatic heterocycles. The van der Waals surface area contributed by atoms with Gasteiger partial charge in [0.15, 0.2) is 6.10 Å². The maximum absolute atomic E-state index is 12.9. The van der Waals surface area contributed by atoms with E-state index in [1.54, 1.807) is 0 Å². The van der Waals surface area contributed by atoms with Crippen LogP contribution in [0.5, 0.6) is 0 Å². The molecule has 0 aliphatic carbocycles. The van der Waals surface area contributed by atoms with Gasteiger partial charge in [-0.25, -0.2) is 0 Å². The SMILES string of the molecule is CC/C=C\C/C=C\C/C=C\C/C=C\C/C=C\C/C=C\C/C=C\C/C=C\CCCCCCCCC(=O)OCC(COC(=O)CCCCCCCCCCCCCCCCCC)OC(=O)CCCCCCCCC/C=C\CCCCCCCC. The van der Waals surface area contributed by atoms with Gasteiger partial charge in [0.25, 0.3) is 0 Å². The summed E-state index contributed by atoms with van der Waals surface area (Å²) >= 11 is 0. The van der Waals surface area contributed by atoms with Crippen LogP contribution >= 0.6 is 0 Å². The van der Waals surface area contributed by atoms with Crippen LogP contribution in [0, 0.1) is 0 Å². The normalized spacial score (nSPS) is 12.8. The zero-order chi connectivity index (χ0) is 59.2. The van der Waals surface area contributed by atoms with Crippen molar-refractivity contribution in [3.63, 3.8) is 0 Å². The summed E-state index contributed by atoms with van der Waals surface area (Å²) in [5.41, 5.74) is 0. The molecule has 0 aromatic heterocycles. The molecule has 0 aromatic rings. The van der Waals surface area contributed by atoms with Crippen molar-refractivity contribution >= 4 is 17.9 Å². The Labute approximate surface area is 508 Å². The van der Waals surface area contributed by atoms with Crippen LogP contribution in [-0.2, 0) is 28.6 Å². The molecule has 0 saturated heterocycles. The van der Waals surface area contributed by atoms with Gasteiger partial charge in [0.1, 0.15) is 13.2 Å². The highest BCUT2D eigenvalue weighted by molar-refractivity contribution is 5.71. The number of unbranched alkanes of at least 4 members (excludes halogenated alkanes) is 34. The van der Waals surface area contributed by atoms with Crippen LogP contribution in [0.25, 0.3) is 0 Å². The van der Waals surface area contributed by atoms with Gasteiger partial charge in [0.2, 0.25) is 0 Å². The van der Waals surface area contributed by atoms with Gasteiger partial charge in [0, 0.05) is 19.3 Å². The van der Waals surface area contributed by atoms with Crippen LogP contribution < -0.4 is 0 Å². The summed E-state index contributed by atoms with van der Waals surface area (Å²) in [6, 6.07) is 0. The molecule has 470 valence electrons. The highest BCUT2D eigenvalue weighted by atomic mass is 16.6. The zero-order valence-corrected chi connectivity index (χ0v) is 54.0. The highest BCUT2D eigenvalue weighted by Gasteiger charge is 2.19. The van der Waals surface area contributed by atoms with Crippen LogP contribution in [0.2, 0.25) is 0 Å².